The molecule has 2 rings (SSSR count). The van der Waals surface area contributed by atoms with E-state index in [9.17, 15) is 10.2 Å². The number of phenolic OH excluding ortho intramolecular Hbond substituents is 2. The Labute approximate surface area is 127 Å². The summed E-state index contributed by atoms with van der Waals surface area (Å²) < 4.78 is 0. The minimum atomic E-state index is -0.130. The second kappa shape index (κ2) is 6.25. The molecule has 0 saturated heterocycles. The minimum absolute atomic E-state index is 0.0760. The van der Waals surface area contributed by atoms with Crippen molar-refractivity contribution < 1.29 is 10.2 Å². The summed E-state index contributed by atoms with van der Waals surface area (Å²) in [6.07, 6.45) is 0.772. The molecule has 2 aromatic carbocycles. The van der Waals surface area contributed by atoms with Gasteiger partial charge >= 0.3 is 0 Å². The first kappa shape index (κ1) is 14.8. The van der Waals surface area contributed by atoms with Crippen molar-refractivity contribution in [2.75, 3.05) is 5.32 Å². The molecule has 0 spiro atoms. The summed E-state index contributed by atoms with van der Waals surface area (Å²) in [4.78, 5) is 0. The number of anilines is 1. The van der Waals surface area contributed by atoms with E-state index < -0.39 is 0 Å². The predicted molar refractivity (Wildman–Crippen MR) is 82.9 cm³/mol. The molecule has 20 heavy (non-hydrogen) atoms. The summed E-state index contributed by atoms with van der Waals surface area (Å²) in [6, 6.07) is 10.3. The fraction of sp³-hybridized carbons (Fsp3) is 0.200. The molecule has 0 aliphatic rings. The van der Waals surface area contributed by atoms with Gasteiger partial charge in [-0.25, -0.2) is 0 Å². The summed E-state index contributed by atoms with van der Waals surface area (Å²) in [5.74, 6) is 0.109. The van der Waals surface area contributed by atoms with Gasteiger partial charge in [0.25, 0.3) is 0 Å². The van der Waals surface area contributed by atoms with E-state index in [1.54, 1.807) is 24.3 Å². The first-order valence-corrected chi connectivity index (χ1v) is 7.01. The van der Waals surface area contributed by atoms with Gasteiger partial charge in [-0.05, 0) is 24.6 Å². The third-order valence-electron chi connectivity index (χ3n) is 3.08. The van der Waals surface area contributed by atoms with Crippen molar-refractivity contribution in [1.29, 1.82) is 0 Å². The molecule has 1 atom stereocenters. The monoisotopic (exact) mass is 311 g/mol. The van der Waals surface area contributed by atoms with Crippen LogP contribution in [0.15, 0.2) is 36.4 Å². The highest BCUT2D eigenvalue weighted by molar-refractivity contribution is 6.37. The first-order valence-electron chi connectivity index (χ1n) is 6.25. The van der Waals surface area contributed by atoms with Crippen LogP contribution in [0.3, 0.4) is 0 Å². The molecule has 0 heterocycles. The number of benzene rings is 2. The van der Waals surface area contributed by atoms with Crippen LogP contribution in [0.1, 0.15) is 24.9 Å². The molecule has 3 nitrogen and oxygen atoms in total. The Hall–Kier alpha value is -1.58. The van der Waals surface area contributed by atoms with Gasteiger partial charge in [-0.15, -0.1) is 0 Å². The molecule has 0 fully saturated rings. The zero-order chi connectivity index (χ0) is 14.7. The molecule has 2 aromatic rings. The standard InChI is InChI=1S/C15H15Cl2NO2/c1-2-13(10-5-3-4-6-14(10)19)18-9-7-11(16)15(20)12(17)8-9/h3-8,13,18-20H,2H2,1H3. The second-order valence-electron chi connectivity index (χ2n) is 4.45. The first-order chi connectivity index (χ1) is 9.52. The Bertz CT molecular complexity index is 594. The lowest BCUT2D eigenvalue weighted by Gasteiger charge is -2.20. The van der Waals surface area contributed by atoms with Gasteiger partial charge in [-0.3, -0.25) is 0 Å². The van der Waals surface area contributed by atoms with Crippen LogP contribution in [0, 0.1) is 0 Å². The quantitative estimate of drug-likeness (QED) is 0.699. The number of aromatic hydroxyl groups is 2. The maximum atomic E-state index is 9.91. The third-order valence-corrected chi connectivity index (χ3v) is 3.65. The smallest absolute Gasteiger partial charge is 0.152 e. The molecule has 0 aliphatic carbocycles. The lowest BCUT2D eigenvalue weighted by Crippen LogP contribution is -2.09. The summed E-state index contributed by atoms with van der Waals surface area (Å²) in [6.45, 7) is 2.01. The average Bonchev–Trinajstić information content (AvgIpc) is 2.43. The van der Waals surface area contributed by atoms with Crippen molar-refractivity contribution in [3.63, 3.8) is 0 Å². The van der Waals surface area contributed by atoms with E-state index in [0.717, 1.165) is 12.0 Å². The van der Waals surface area contributed by atoms with Gasteiger partial charge in [0, 0.05) is 11.3 Å². The maximum Gasteiger partial charge on any atom is 0.152 e. The number of hydrogen-bond donors (Lipinski definition) is 3. The number of rotatable bonds is 4. The highest BCUT2D eigenvalue weighted by Crippen LogP contribution is 2.37. The summed E-state index contributed by atoms with van der Waals surface area (Å²) in [5, 5.41) is 23.1. The van der Waals surface area contributed by atoms with Crippen LogP contribution in [-0.4, -0.2) is 10.2 Å². The molecular formula is C15H15Cl2NO2. The Balaban J connectivity index is 2.30. The van der Waals surface area contributed by atoms with Crippen molar-refractivity contribution in [2.45, 2.75) is 19.4 Å². The van der Waals surface area contributed by atoms with Crippen molar-refractivity contribution in [3.8, 4) is 11.5 Å². The van der Waals surface area contributed by atoms with Gasteiger partial charge in [0.1, 0.15) is 5.75 Å². The number of para-hydroxylation sites is 1. The fourth-order valence-electron chi connectivity index (χ4n) is 2.03. The van der Waals surface area contributed by atoms with E-state index in [0.29, 0.717) is 5.69 Å². The SMILES string of the molecule is CCC(Nc1cc(Cl)c(O)c(Cl)c1)c1ccccc1O. The van der Waals surface area contributed by atoms with Gasteiger partial charge in [0.15, 0.2) is 5.75 Å². The van der Waals surface area contributed by atoms with Crippen molar-refractivity contribution in [2.24, 2.45) is 0 Å². The molecule has 3 N–H and O–H groups in total. The second-order valence-corrected chi connectivity index (χ2v) is 5.27. The maximum absolute atomic E-state index is 9.91. The van der Waals surface area contributed by atoms with E-state index in [1.165, 1.54) is 0 Å². The highest BCUT2D eigenvalue weighted by atomic mass is 35.5. The van der Waals surface area contributed by atoms with Gasteiger partial charge in [-0.2, -0.15) is 0 Å². The molecule has 0 radical (unpaired) electrons. The summed E-state index contributed by atoms with van der Waals surface area (Å²) in [7, 11) is 0. The lowest BCUT2D eigenvalue weighted by atomic mass is 10.0. The third kappa shape index (κ3) is 3.11. The van der Waals surface area contributed by atoms with Crippen LogP contribution >= 0.6 is 23.2 Å². The topological polar surface area (TPSA) is 52.5 Å². The molecule has 1 unspecified atom stereocenters. The Kier molecular flexibility index (Phi) is 4.63. The van der Waals surface area contributed by atoms with Gasteiger partial charge in [0.05, 0.1) is 16.1 Å². The largest absolute Gasteiger partial charge is 0.508 e. The van der Waals surface area contributed by atoms with Crippen LogP contribution in [-0.2, 0) is 0 Å². The van der Waals surface area contributed by atoms with Gasteiger partial charge in [-0.1, -0.05) is 48.3 Å². The number of hydrogen-bond acceptors (Lipinski definition) is 3. The van der Waals surface area contributed by atoms with Crippen LogP contribution in [0.5, 0.6) is 11.5 Å². The lowest BCUT2D eigenvalue weighted by molar-refractivity contribution is 0.462. The Morgan fingerprint density at radius 2 is 1.70 bits per heavy atom. The number of phenols is 2. The minimum Gasteiger partial charge on any atom is -0.508 e. The van der Waals surface area contributed by atoms with E-state index in [4.69, 9.17) is 23.2 Å². The van der Waals surface area contributed by atoms with E-state index in [1.807, 2.05) is 19.1 Å². The molecule has 0 aliphatic heterocycles. The zero-order valence-electron chi connectivity index (χ0n) is 10.9. The van der Waals surface area contributed by atoms with Crippen molar-refractivity contribution in [1.82, 2.24) is 0 Å². The van der Waals surface area contributed by atoms with Crippen LogP contribution in [0.25, 0.3) is 0 Å². The van der Waals surface area contributed by atoms with E-state index >= 15 is 0 Å². The van der Waals surface area contributed by atoms with Gasteiger partial charge in [0.2, 0.25) is 0 Å². The summed E-state index contributed by atoms with van der Waals surface area (Å²) in [5.41, 5.74) is 1.49. The van der Waals surface area contributed by atoms with Crippen molar-refractivity contribution >= 4 is 28.9 Å². The molecule has 0 amide bonds. The van der Waals surface area contributed by atoms with E-state index in [2.05, 4.69) is 5.32 Å². The van der Waals surface area contributed by atoms with Crippen LogP contribution in [0.4, 0.5) is 5.69 Å². The van der Waals surface area contributed by atoms with Crippen molar-refractivity contribution in [3.05, 3.63) is 52.0 Å². The molecule has 0 bridgehead atoms. The Morgan fingerprint density at radius 3 is 2.25 bits per heavy atom. The van der Waals surface area contributed by atoms with E-state index in [-0.39, 0.29) is 27.6 Å². The number of nitrogens with one attached hydrogen (secondary N) is 1. The number of halogens is 2. The molecule has 106 valence electrons. The molecule has 0 saturated carbocycles. The average molecular weight is 312 g/mol. The fourth-order valence-corrected chi connectivity index (χ4v) is 2.52. The van der Waals surface area contributed by atoms with Gasteiger partial charge < -0.3 is 15.5 Å². The Morgan fingerprint density at radius 1 is 1.10 bits per heavy atom. The normalized spacial score (nSPS) is 12.2. The molecule has 5 heteroatoms. The van der Waals surface area contributed by atoms with Crippen LogP contribution < -0.4 is 5.32 Å². The highest BCUT2D eigenvalue weighted by Gasteiger charge is 2.14. The zero-order valence-corrected chi connectivity index (χ0v) is 12.4. The molecule has 0 aromatic heterocycles. The van der Waals surface area contributed by atoms with Crippen LogP contribution in [0.2, 0.25) is 10.0 Å². The predicted octanol–water partition coefficient (Wildman–Crippen LogP) is 4.97. The summed E-state index contributed by atoms with van der Waals surface area (Å²) >= 11 is 11.8. The molecular weight excluding hydrogens is 297 g/mol.